The van der Waals surface area contributed by atoms with Crippen LogP contribution in [0.25, 0.3) is 0 Å². The number of hydrogen-bond donors (Lipinski definition) is 1. The van der Waals surface area contributed by atoms with Gasteiger partial charge in [-0.1, -0.05) is 49.6 Å². The molecule has 33 heavy (non-hydrogen) atoms. The highest BCUT2D eigenvalue weighted by molar-refractivity contribution is 7.99. The molecule has 0 unspecified atom stereocenters. The summed E-state index contributed by atoms with van der Waals surface area (Å²) < 4.78 is 7.47. The monoisotopic (exact) mass is 466 g/mol. The minimum Gasteiger partial charge on any atom is -0.497 e. The summed E-state index contributed by atoms with van der Waals surface area (Å²) in [7, 11) is 1.68. The van der Waals surface area contributed by atoms with E-state index in [-0.39, 0.29) is 5.78 Å². The van der Waals surface area contributed by atoms with E-state index < -0.39 is 0 Å². The molecule has 0 atom stereocenters. The van der Waals surface area contributed by atoms with Crippen LogP contribution in [0.2, 0.25) is 0 Å². The number of thioether (sulfide) groups is 1. The van der Waals surface area contributed by atoms with Crippen LogP contribution in [0, 0.1) is 19.8 Å². The summed E-state index contributed by atoms with van der Waals surface area (Å²) >= 11 is 1.42. The van der Waals surface area contributed by atoms with E-state index >= 15 is 0 Å². The molecule has 0 spiro atoms. The summed E-state index contributed by atoms with van der Waals surface area (Å²) in [4.78, 5) is 17.5. The molecule has 1 aliphatic rings. The van der Waals surface area contributed by atoms with Gasteiger partial charge >= 0.3 is 0 Å². The first-order valence-corrected chi connectivity index (χ1v) is 12.9. The number of Topliss-reactive ketones (excluding diaryl/α,β-unsaturated/α-hetero) is 1. The Bertz CT molecular complexity index is 1060. The number of hydrogen-bond acceptors (Lipinski definition) is 5. The maximum absolute atomic E-state index is 12.9. The fraction of sp³-hybridized carbons (Fsp3) is 0.500. The Morgan fingerprint density at radius 1 is 1.18 bits per heavy atom. The Morgan fingerprint density at radius 2 is 1.94 bits per heavy atom. The lowest BCUT2D eigenvalue weighted by molar-refractivity contribution is 0.102. The average Bonchev–Trinajstić information content (AvgIpc) is 3.57. The molecule has 2 aromatic heterocycles. The Morgan fingerprint density at radius 3 is 2.67 bits per heavy atom. The number of ketones is 1. The van der Waals surface area contributed by atoms with Crippen LogP contribution in [0.5, 0.6) is 5.75 Å². The summed E-state index contributed by atoms with van der Waals surface area (Å²) in [5.74, 6) is 3.12. The third kappa shape index (κ3) is 6.08. The first-order valence-electron chi connectivity index (χ1n) is 11.9. The first-order chi connectivity index (χ1) is 16.0. The molecule has 2 heterocycles. The smallest absolute Gasteiger partial charge is 0.208 e. The van der Waals surface area contributed by atoms with Crippen LogP contribution in [-0.4, -0.2) is 38.4 Å². The van der Waals surface area contributed by atoms with E-state index in [1.807, 2.05) is 25.1 Å². The van der Waals surface area contributed by atoms with E-state index in [0.717, 1.165) is 53.8 Å². The number of benzene rings is 1. The third-order valence-corrected chi connectivity index (χ3v) is 7.61. The Balaban J connectivity index is 1.30. The number of aryl methyl sites for hydroxylation is 3. The molecule has 1 fully saturated rings. The largest absolute Gasteiger partial charge is 0.497 e. The van der Waals surface area contributed by atoms with Gasteiger partial charge in [0.1, 0.15) is 11.6 Å². The number of aromatic amines is 1. The number of ether oxygens (including phenoxy) is 1. The van der Waals surface area contributed by atoms with E-state index in [2.05, 4.69) is 38.8 Å². The maximum Gasteiger partial charge on any atom is 0.208 e. The molecule has 6 nitrogen and oxygen atoms in total. The van der Waals surface area contributed by atoms with Gasteiger partial charge in [0, 0.05) is 29.9 Å². The van der Waals surface area contributed by atoms with Gasteiger partial charge in [-0.3, -0.25) is 9.89 Å². The van der Waals surface area contributed by atoms with Crippen molar-refractivity contribution in [3.63, 3.8) is 0 Å². The number of methoxy groups -OCH3 is 1. The summed E-state index contributed by atoms with van der Waals surface area (Å²) in [5.41, 5.74) is 4.19. The molecular formula is C26H34N4O2S. The van der Waals surface area contributed by atoms with Crippen molar-refractivity contribution in [2.24, 2.45) is 5.92 Å². The zero-order valence-corrected chi connectivity index (χ0v) is 20.7. The van der Waals surface area contributed by atoms with Crippen LogP contribution >= 0.6 is 11.8 Å². The second kappa shape index (κ2) is 11.1. The van der Waals surface area contributed by atoms with Crippen molar-refractivity contribution in [2.45, 2.75) is 70.5 Å². The summed E-state index contributed by atoms with van der Waals surface area (Å²) in [5, 5.41) is 8.03. The standard InChI is InChI=1S/C26H34N4O2S/c1-18-16-23(19(2)30(18)15-14-21-8-11-22(32-3)12-9-21)24(31)17-33-26-27-25(28-29-26)13-10-20-6-4-5-7-20/h8-9,11-12,16,20H,4-7,10,13-15,17H2,1-3H3,(H,27,28,29). The molecule has 176 valence electrons. The second-order valence-electron chi connectivity index (χ2n) is 9.00. The van der Waals surface area contributed by atoms with E-state index in [9.17, 15) is 4.79 Å². The van der Waals surface area contributed by atoms with Crippen molar-refractivity contribution in [2.75, 3.05) is 12.9 Å². The first kappa shape index (κ1) is 23.6. The molecule has 0 aliphatic heterocycles. The molecule has 7 heteroatoms. The molecule has 0 saturated heterocycles. The van der Waals surface area contributed by atoms with Crippen LogP contribution < -0.4 is 4.74 Å². The minimum absolute atomic E-state index is 0.126. The van der Waals surface area contributed by atoms with Crippen LogP contribution in [-0.2, 0) is 19.4 Å². The molecule has 0 bridgehead atoms. The summed E-state index contributed by atoms with van der Waals surface area (Å²) in [6.45, 7) is 4.94. The summed E-state index contributed by atoms with van der Waals surface area (Å²) in [6.07, 6.45) is 8.47. The van der Waals surface area contributed by atoms with Gasteiger partial charge < -0.3 is 9.30 Å². The second-order valence-corrected chi connectivity index (χ2v) is 9.94. The zero-order valence-electron chi connectivity index (χ0n) is 19.9. The van der Waals surface area contributed by atoms with Crippen molar-refractivity contribution in [3.05, 3.63) is 58.7 Å². The predicted octanol–water partition coefficient (Wildman–Crippen LogP) is 5.57. The predicted molar refractivity (Wildman–Crippen MR) is 132 cm³/mol. The number of aromatic nitrogens is 4. The lowest BCUT2D eigenvalue weighted by Gasteiger charge is -2.10. The van der Waals surface area contributed by atoms with Crippen LogP contribution in [0.1, 0.15) is 65.2 Å². The number of H-pyrrole nitrogens is 1. The van der Waals surface area contributed by atoms with Crippen LogP contribution in [0.3, 0.4) is 0 Å². The molecule has 0 amide bonds. The number of carbonyl (C=O) groups excluding carboxylic acids is 1. The van der Waals surface area contributed by atoms with Gasteiger partial charge in [-0.15, -0.1) is 5.10 Å². The van der Waals surface area contributed by atoms with Gasteiger partial charge in [-0.25, -0.2) is 4.98 Å². The Kier molecular flexibility index (Phi) is 7.91. The maximum atomic E-state index is 12.9. The minimum atomic E-state index is 0.126. The molecular weight excluding hydrogens is 432 g/mol. The normalized spacial score (nSPS) is 14.2. The molecule has 4 rings (SSSR count). The summed E-state index contributed by atoms with van der Waals surface area (Å²) in [6, 6.07) is 10.2. The van der Waals surface area contributed by atoms with Crippen molar-refractivity contribution in [1.82, 2.24) is 19.7 Å². The van der Waals surface area contributed by atoms with Crippen molar-refractivity contribution in [3.8, 4) is 5.75 Å². The van der Waals surface area contributed by atoms with Crippen molar-refractivity contribution in [1.29, 1.82) is 0 Å². The molecule has 1 aromatic carbocycles. The number of rotatable bonds is 11. The topological polar surface area (TPSA) is 72.8 Å². The highest BCUT2D eigenvalue weighted by Gasteiger charge is 2.18. The molecule has 1 N–H and O–H groups in total. The van der Waals surface area contributed by atoms with Crippen molar-refractivity contribution < 1.29 is 9.53 Å². The van der Waals surface area contributed by atoms with E-state index in [1.165, 1.54) is 49.4 Å². The number of nitrogens with zero attached hydrogens (tertiary/aromatic N) is 3. The molecule has 3 aromatic rings. The quantitative estimate of drug-likeness (QED) is 0.295. The number of carbonyl (C=O) groups is 1. The number of nitrogens with one attached hydrogen (secondary N) is 1. The van der Waals surface area contributed by atoms with Crippen LogP contribution in [0.4, 0.5) is 0 Å². The SMILES string of the molecule is COc1ccc(CCn2c(C)cc(C(=O)CSc3n[nH]c(CCC4CCCC4)n3)c2C)cc1. The van der Waals surface area contributed by atoms with Gasteiger partial charge in [0.2, 0.25) is 5.16 Å². The highest BCUT2D eigenvalue weighted by atomic mass is 32.2. The fourth-order valence-electron chi connectivity index (χ4n) is 4.76. The fourth-order valence-corrected chi connectivity index (χ4v) is 5.46. The van der Waals surface area contributed by atoms with Gasteiger partial charge in [0.25, 0.3) is 0 Å². The highest BCUT2D eigenvalue weighted by Crippen LogP contribution is 2.28. The van der Waals surface area contributed by atoms with Gasteiger partial charge in [0.05, 0.1) is 12.9 Å². The lowest BCUT2D eigenvalue weighted by atomic mass is 10.0. The zero-order chi connectivity index (χ0) is 23.2. The van der Waals surface area contributed by atoms with Crippen molar-refractivity contribution >= 4 is 17.5 Å². The van der Waals surface area contributed by atoms with E-state index in [1.54, 1.807) is 7.11 Å². The Labute approximate surface area is 200 Å². The van der Waals surface area contributed by atoms with E-state index in [0.29, 0.717) is 10.9 Å². The lowest BCUT2D eigenvalue weighted by Crippen LogP contribution is -2.08. The Hall–Kier alpha value is -2.54. The van der Waals surface area contributed by atoms with Gasteiger partial charge in [-0.2, -0.15) is 0 Å². The molecule has 0 radical (unpaired) electrons. The van der Waals surface area contributed by atoms with E-state index in [4.69, 9.17) is 4.74 Å². The average molecular weight is 467 g/mol. The van der Waals surface area contributed by atoms with Gasteiger partial charge in [-0.05, 0) is 56.4 Å². The van der Waals surface area contributed by atoms with Crippen LogP contribution in [0.15, 0.2) is 35.5 Å². The molecule has 1 saturated carbocycles. The third-order valence-electron chi connectivity index (χ3n) is 6.76. The molecule has 1 aliphatic carbocycles. The van der Waals surface area contributed by atoms with Gasteiger partial charge in [0.15, 0.2) is 5.78 Å².